The minimum absolute atomic E-state index is 0.0893. The first-order valence-corrected chi connectivity index (χ1v) is 15.2. The summed E-state index contributed by atoms with van der Waals surface area (Å²) >= 11 is 5.76. The molecule has 2 amide bonds. The van der Waals surface area contributed by atoms with Crippen molar-refractivity contribution >= 4 is 40.5 Å². The lowest BCUT2D eigenvalue weighted by atomic mass is 10.1. The summed E-state index contributed by atoms with van der Waals surface area (Å²) in [5, 5.41) is 13.0. The van der Waals surface area contributed by atoms with Gasteiger partial charge in [0.15, 0.2) is 16.5 Å². The predicted octanol–water partition coefficient (Wildman–Crippen LogP) is 2.76. The number of amides is 2. The molecule has 248 valence electrons. The Morgan fingerprint density at radius 2 is 1.89 bits per heavy atom. The van der Waals surface area contributed by atoms with Crippen molar-refractivity contribution in [1.82, 2.24) is 35.1 Å². The van der Waals surface area contributed by atoms with Crippen molar-refractivity contribution in [3.05, 3.63) is 52.6 Å². The van der Waals surface area contributed by atoms with E-state index in [2.05, 4.69) is 42.7 Å². The molecule has 0 aliphatic carbocycles. The summed E-state index contributed by atoms with van der Waals surface area (Å²) in [7, 11) is 2.01. The number of hydrogen-bond acceptors (Lipinski definition) is 10. The van der Waals surface area contributed by atoms with E-state index in [1.54, 1.807) is 18.2 Å². The second kappa shape index (κ2) is 14.2. The number of anilines is 3. The SMILES string of the molecule is C[C@H]1CN(c2ccc(-n3cc(C(=O)NCCCN4CCOCC4)nn3)cc2NC(=O)c2cc(N)c(Cl)nc2C(F)(F)F)CCN1C. The molecular formula is C29H36ClF3N10O3. The molecule has 0 spiro atoms. The number of nitrogens with zero attached hydrogens (tertiary/aromatic N) is 7. The van der Waals surface area contributed by atoms with Crippen LogP contribution in [0.1, 0.15) is 39.9 Å². The maximum Gasteiger partial charge on any atom is 0.434 e. The van der Waals surface area contributed by atoms with Gasteiger partial charge in [0.1, 0.15) is 0 Å². The number of carbonyl (C=O) groups is 2. The number of halogens is 4. The molecule has 5 rings (SSSR count). The molecule has 4 N–H and O–H groups in total. The molecule has 0 radical (unpaired) electrons. The van der Waals surface area contributed by atoms with Gasteiger partial charge in [0.25, 0.3) is 11.8 Å². The Bertz CT molecular complexity index is 1560. The number of nitrogens with two attached hydrogens (primary N) is 1. The van der Waals surface area contributed by atoms with Gasteiger partial charge in [0.2, 0.25) is 0 Å². The highest BCUT2D eigenvalue weighted by atomic mass is 35.5. The Morgan fingerprint density at radius 1 is 1.13 bits per heavy atom. The normalized spacial score (nSPS) is 18.0. The number of likely N-dealkylation sites (N-methyl/N-ethyl adjacent to an activating group) is 1. The molecule has 0 unspecified atom stereocenters. The van der Waals surface area contributed by atoms with Crippen molar-refractivity contribution in [2.45, 2.75) is 25.6 Å². The maximum atomic E-state index is 13.8. The summed E-state index contributed by atoms with van der Waals surface area (Å²) in [5.41, 5.74) is 4.57. The molecule has 0 bridgehead atoms. The van der Waals surface area contributed by atoms with Gasteiger partial charge in [-0.25, -0.2) is 9.67 Å². The van der Waals surface area contributed by atoms with Gasteiger partial charge in [-0.15, -0.1) is 5.10 Å². The van der Waals surface area contributed by atoms with Crippen LogP contribution in [0, 0.1) is 0 Å². The van der Waals surface area contributed by atoms with E-state index in [0.717, 1.165) is 38.7 Å². The van der Waals surface area contributed by atoms with Crippen molar-refractivity contribution in [3.63, 3.8) is 0 Å². The van der Waals surface area contributed by atoms with E-state index in [9.17, 15) is 22.8 Å². The smallest absolute Gasteiger partial charge is 0.396 e. The molecule has 2 aliphatic heterocycles. The lowest BCUT2D eigenvalue weighted by Crippen LogP contribution is -2.50. The number of piperazine rings is 1. The fourth-order valence-electron chi connectivity index (χ4n) is 5.31. The molecule has 46 heavy (non-hydrogen) atoms. The van der Waals surface area contributed by atoms with Crippen molar-refractivity contribution in [2.24, 2.45) is 0 Å². The zero-order valence-electron chi connectivity index (χ0n) is 25.5. The monoisotopic (exact) mass is 664 g/mol. The average molecular weight is 665 g/mol. The number of nitrogens with one attached hydrogen (secondary N) is 2. The molecule has 2 aliphatic rings. The quantitative estimate of drug-likeness (QED) is 0.231. The summed E-state index contributed by atoms with van der Waals surface area (Å²) in [4.78, 5) is 36.0. The highest BCUT2D eigenvalue weighted by Gasteiger charge is 2.38. The second-order valence-electron chi connectivity index (χ2n) is 11.3. The third-order valence-corrected chi connectivity index (χ3v) is 8.38. The number of rotatable bonds is 9. The zero-order chi connectivity index (χ0) is 33.0. The first-order chi connectivity index (χ1) is 21.9. The highest BCUT2D eigenvalue weighted by Crippen LogP contribution is 2.35. The molecule has 13 nitrogen and oxygen atoms in total. The molecule has 4 heterocycles. The first-order valence-electron chi connectivity index (χ1n) is 14.9. The number of nitrogen functional groups attached to an aromatic ring is 1. The van der Waals surface area contributed by atoms with Gasteiger partial charge in [0, 0.05) is 45.3 Å². The number of alkyl halides is 3. The first kappa shape index (κ1) is 33.4. The third-order valence-electron chi connectivity index (χ3n) is 8.08. The van der Waals surface area contributed by atoms with Crippen LogP contribution < -0.4 is 21.3 Å². The second-order valence-corrected chi connectivity index (χ2v) is 11.7. The Labute approximate surface area is 268 Å². The van der Waals surface area contributed by atoms with Gasteiger partial charge in [0.05, 0.1) is 47.7 Å². The zero-order valence-corrected chi connectivity index (χ0v) is 26.2. The minimum atomic E-state index is -4.96. The number of morpholine rings is 1. The summed E-state index contributed by atoms with van der Waals surface area (Å²) in [6.07, 6.45) is -2.75. The number of ether oxygens (including phenoxy) is 1. The van der Waals surface area contributed by atoms with E-state index in [-0.39, 0.29) is 23.1 Å². The number of carbonyl (C=O) groups excluding carboxylic acids is 2. The standard InChI is InChI=1S/C29H36ClF3N10O3/c1-18-16-42(9-8-40(18)2)24-5-4-19(14-22(24)36-27(44)20-15-21(34)26(30)37-25(20)29(31,32)33)43-17-23(38-39-43)28(45)35-6-3-7-41-10-12-46-13-11-41/h4-5,14-15,17-18H,3,6-13,16,34H2,1-2H3,(H,35,45)(H,36,44)/t18-/m0/s1. The van der Waals surface area contributed by atoms with E-state index in [4.69, 9.17) is 22.1 Å². The van der Waals surface area contributed by atoms with E-state index in [0.29, 0.717) is 44.2 Å². The molecule has 0 saturated carbocycles. The maximum absolute atomic E-state index is 13.8. The molecule has 2 fully saturated rings. The third kappa shape index (κ3) is 7.86. The lowest BCUT2D eigenvalue weighted by Gasteiger charge is -2.39. The summed E-state index contributed by atoms with van der Waals surface area (Å²) < 4.78 is 48.2. The lowest BCUT2D eigenvalue weighted by molar-refractivity contribution is -0.141. The summed E-state index contributed by atoms with van der Waals surface area (Å²) in [6, 6.07) is 6.08. The molecule has 17 heteroatoms. The van der Waals surface area contributed by atoms with E-state index in [1.807, 2.05) is 11.9 Å². The van der Waals surface area contributed by atoms with Crippen LogP contribution in [0.3, 0.4) is 0 Å². The fraction of sp³-hybridized carbons (Fsp3) is 0.483. The largest absolute Gasteiger partial charge is 0.434 e. The Kier molecular flexibility index (Phi) is 10.3. The minimum Gasteiger partial charge on any atom is -0.396 e. The Balaban J connectivity index is 1.37. The van der Waals surface area contributed by atoms with Crippen molar-refractivity contribution in [1.29, 1.82) is 0 Å². The predicted molar refractivity (Wildman–Crippen MR) is 166 cm³/mol. The molecular weight excluding hydrogens is 629 g/mol. The molecule has 3 aromatic rings. The fourth-order valence-corrected chi connectivity index (χ4v) is 5.45. The topological polar surface area (TPSA) is 147 Å². The highest BCUT2D eigenvalue weighted by molar-refractivity contribution is 6.32. The summed E-state index contributed by atoms with van der Waals surface area (Å²) in [5.74, 6) is -1.46. The van der Waals surface area contributed by atoms with Gasteiger partial charge >= 0.3 is 6.18 Å². The van der Waals surface area contributed by atoms with Crippen LogP contribution in [0.2, 0.25) is 5.15 Å². The van der Waals surface area contributed by atoms with Crippen LogP contribution in [0.25, 0.3) is 5.69 Å². The van der Waals surface area contributed by atoms with Crippen LogP contribution in [0.15, 0.2) is 30.5 Å². The van der Waals surface area contributed by atoms with Crippen LogP contribution in [0.4, 0.5) is 30.2 Å². The number of pyridine rings is 1. The average Bonchev–Trinajstić information content (AvgIpc) is 3.52. The van der Waals surface area contributed by atoms with Gasteiger partial charge in [-0.3, -0.25) is 14.5 Å². The van der Waals surface area contributed by atoms with E-state index in [1.165, 1.54) is 10.9 Å². The van der Waals surface area contributed by atoms with Gasteiger partial charge in [-0.1, -0.05) is 16.8 Å². The molecule has 2 aromatic heterocycles. The van der Waals surface area contributed by atoms with Crippen molar-refractivity contribution < 1.29 is 27.5 Å². The van der Waals surface area contributed by atoms with Crippen LogP contribution in [0.5, 0.6) is 0 Å². The van der Waals surface area contributed by atoms with E-state index < -0.39 is 34.4 Å². The summed E-state index contributed by atoms with van der Waals surface area (Å²) in [6.45, 7) is 8.47. The molecule has 1 aromatic carbocycles. The van der Waals surface area contributed by atoms with Crippen LogP contribution >= 0.6 is 11.6 Å². The number of aromatic nitrogens is 4. The Hall–Kier alpha value is -3.99. The van der Waals surface area contributed by atoms with Crippen LogP contribution in [-0.2, 0) is 10.9 Å². The number of hydrogen-bond donors (Lipinski definition) is 3. The van der Waals surface area contributed by atoms with Gasteiger partial charge < -0.3 is 30.9 Å². The van der Waals surface area contributed by atoms with Crippen molar-refractivity contribution in [3.8, 4) is 5.69 Å². The van der Waals surface area contributed by atoms with Gasteiger partial charge in [-0.2, -0.15) is 13.2 Å². The number of benzene rings is 1. The van der Waals surface area contributed by atoms with E-state index >= 15 is 0 Å². The van der Waals surface area contributed by atoms with Crippen molar-refractivity contribution in [2.75, 3.05) is 82.0 Å². The van der Waals surface area contributed by atoms with Crippen LogP contribution in [-0.4, -0.2) is 114 Å². The molecule has 1 atom stereocenters. The molecule has 2 saturated heterocycles. The van der Waals surface area contributed by atoms with Gasteiger partial charge in [-0.05, 0) is 51.2 Å². The Morgan fingerprint density at radius 3 is 2.61 bits per heavy atom.